The van der Waals surface area contributed by atoms with Crippen LogP contribution >= 0.6 is 0 Å². The van der Waals surface area contributed by atoms with Crippen LogP contribution in [0.4, 0.5) is 11.4 Å². The zero-order chi connectivity index (χ0) is 19.3. The highest BCUT2D eigenvalue weighted by molar-refractivity contribution is 6.00. The molecule has 0 aliphatic carbocycles. The molecule has 1 heterocycles. The number of hydrazone groups is 1. The zero-order valence-electron chi connectivity index (χ0n) is 15.9. The molecule has 0 unspecified atom stereocenters. The number of para-hydroxylation sites is 1. The third-order valence-corrected chi connectivity index (χ3v) is 4.54. The van der Waals surface area contributed by atoms with Gasteiger partial charge < -0.3 is 9.47 Å². The van der Waals surface area contributed by atoms with E-state index in [1.165, 1.54) is 0 Å². The Morgan fingerprint density at radius 1 is 0.750 bits per heavy atom. The second-order valence-electron chi connectivity index (χ2n) is 6.29. The van der Waals surface area contributed by atoms with Gasteiger partial charge in [-0.3, -0.25) is 10.4 Å². The number of nitrogens with zero attached hydrogens (tertiary/aromatic N) is 3. The Morgan fingerprint density at radius 2 is 1.36 bits per heavy atom. The van der Waals surface area contributed by atoms with Crippen molar-refractivity contribution in [1.82, 2.24) is 5.43 Å². The standard InChI is InChI=1S/C22H22N4O2/c1-27-20-12-8-17(9-13-20)22-23-25(18-6-4-3-5-7-18)16-26(24-22)19-10-14-21(28-2)15-11-19/h3-15H,16H2,1-2H3,(H,23,24). The van der Waals surface area contributed by atoms with Gasteiger partial charge in [-0.25, -0.2) is 5.01 Å². The molecule has 1 N–H and O–H groups in total. The van der Waals surface area contributed by atoms with Crippen molar-refractivity contribution in [2.45, 2.75) is 0 Å². The number of hydrogen-bond donors (Lipinski definition) is 1. The Hall–Kier alpha value is -3.67. The third-order valence-electron chi connectivity index (χ3n) is 4.54. The van der Waals surface area contributed by atoms with Gasteiger partial charge in [0.1, 0.15) is 18.2 Å². The van der Waals surface area contributed by atoms with E-state index in [4.69, 9.17) is 14.6 Å². The normalized spacial score (nSPS) is 13.6. The molecule has 1 aliphatic heterocycles. The quantitative estimate of drug-likeness (QED) is 0.735. The van der Waals surface area contributed by atoms with Gasteiger partial charge in [0, 0.05) is 5.56 Å². The lowest BCUT2D eigenvalue weighted by Crippen LogP contribution is -2.53. The van der Waals surface area contributed by atoms with Crippen LogP contribution in [0, 0.1) is 0 Å². The van der Waals surface area contributed by atoms with Crippen molar-refractivity contribution >= 4 is 17.2 Å². The van der Waals surface area contributed by atoms with Gasteiger partial charge in [0.25, 0.3) is 0 Å². The molecule has 28 heavy (non-hydrogen) atoms. The maximum absolute atomic E-state index is 5.27. The average molecular weight is 374 g/mol. The summed E-state index contributed by atoms with van der Waals surface area (Å²) >= 11 is 0. The molecule has 0 aromatic heterocycles. The lowest BCUT2D eigenvalue weighted by molar-refractivity contribution is 0.414. The fourth-order valence-corrected chi connectivity index (χ4v) is 2.99. The second kappa shape index (κ2) is 7.92. The minimum absolute atomic E-state index is 0.565. The first kappa shape index (κ1) is 17.7. The molecule has 0 amide bonds. The molecule has 6 nitrogen and oxygen atoms in total. The van der Waals surface area contributed by atoms with E-state index < -0.39 is 0 Å². The van der Waals surface area contributed by atoms with Crippen LogP contribution in [0.2, 0.25) is 0 Å². The summed E-state index contributed by atoms with van der Waals surface area (Å²) in [7, 11) is 3.33. The summed E-state index contributed by atoms with van der Waals surface area (Å²) < 4.78 is 10.5. The van der Waals surface area contributed by atoms with Gasteiger partial charge in [-0.2, -0.15) is 5.10 Å². The van der Waals surface area contributed by atoms with Crippen LogP contribution in [0.5, 0.6) is 11.5 Å². The number of anilines is 2. The highest BCUT2D eigenvalue weighted by atomic mass is 16.5. The molecule has 3 aromatic rings. The molecule has 0 saturated heterocycles. The van der Waals surface area contributed by atoms with Crippen LogP contribution in [0.1, 0.15) is 5.56 Å². The van der Waals surface area contributed by atoms with Crippen LogP contribution in [-0.4, -0.2) is 26.7 Å². The monoisotopic (exact) mass is 374 g/mol. The molecular weight excluding hydrogens is 352 g/mol. The molecule has 0 fully saturated rings. The Balaban J connectivity index is 1.69. The predicted octanol–water partition coefficient (Wildman–Crippen LogP) is 3.85. The van der Waals surface area contributed by atoms with Crippen LogP contribution in [0.3, 0.4) is 0 Å². The van der Waals surface area contributed by atoms with Gasteiger partial charge in [0.05, 0.1) is 25.6 Å². The van der Waals surface area contributed by atoms with E-state index in [0.29, 0.717) is 6.67 Å². The summed E-state index contributed by atoms with van der Waals surface area (Å²) in [6.45, 7) is 0.565. The molecule has 0 spiro atoms. The molecule has 3 aromatic carbocycles. The molecule has 1 aliphatic rings. The fraction of sp³-hybridized carbons (Fsp3) is 0.136. The van der Waals surface area contributed by atoms with Crippen LogP contribution in [-0.2, 0) is 0 Å². The van der Waals surface area contributed by atoms with Gasteiger partial charge in [-0.1, -0.05) is 18.2 Å². The van der Waals surface area contributed by atoms with Crippen molar-refractivity contribution < 1.29 is 9.47 Å². The Bertz CT molecular complexity index is 941. The summed E-state index contributed by atoms with van der Waals surface area (Å²) in [6.07, 6.45) is 0. The Morgan fingerprint density at radius 3 is 1.96 bits per heavy atom. The summed E-state index contributed by atoms with van der Waals surface area (Å²) in [5, 5.41) is 8.85. The molecule has 4 rings (SSSR count). The SMILES string of the molecule is COc1ccc(C2=NN(c3ccccc3)CN(c3ccc(OC)cc3)N2)cc1. The van der Waals surface area contributed by atoms with Gasteiger partial charge in [0.2, 0.25) is 0 Å². The first-order valence-electron chi connectivity index (χ1n) is 9.01. The maximum Gasteiger partial charge on any atom is 0.172 e. The highest BCUT2D eigenvalue weighted by Crippen LogP contribution is 2.24. The number of rotatable bonds is 5. The fourth-order valence-electron chi connectivity index (χ4n) is 2.99. The minimum atomic E-state index is 0.565. The van der Waals surface area contributed by atoms with E-state index in [1.807, 2.05) is 83.9 Å². The molecule has 0 radical (unpaired) electrons. The van der Waals surface area contributed by atoms with Gasteiger partial charge in [-0.05, 0) is 60.7 Å². The van der Waals surface area contributed by atoms with Crippen LogP contribution in [0.15, 0.2) is 84.0 Å². The van der Waals surface area contributed by atoms with Crippen molar-refractivity contribution in [3.05, 3.63) is 84.4 Å². The number of nitrogens with one attached hydrogen (secondary N) is 1. The number of benzene rings is 3. The second-order valence-corrected chi connectivity index (χ2v) is 6.29. The van der Waals surface area contributed by atoms with Crippen molar-refractivity contribution in [2.75, 3.05) is 30.9 Å². The number of ether oxygens (including phenoxy) is 2. The van der Waals surface area contributed by atoms with Gasteiger partial charge >= 0.3 is 0 Å². The van der Waals surface area contributed by atoms with Crippen molar-refractivity contribution in [3.8, 4) is 11.5 Å². The zero-order valence-corrected chi connectivity index (χ0v) is 15.9. The Labute approximate surface area is 164 Å². The largest absolute Gasteiger partial charge is 0.497 e. The Kier molecular flexibility index (Phi) is 5.01. The van der Waals surface area contributed by atoms with E-state index in [-0.39, 0.29) is 0 Å². The predicted molar refractivity (Wildman–Crippen MR) is 112 cm³/mol. The average Bonchev–Trinajstić information content (AvgIpc) is 2.79. The van der Waals surface area contributed by atoms with Gasteiger partial charge in [0.15, 0.2) is 5.84 Å². The summed E-state index contributed by atoms with van der Waals surface area (Å²) in [4.78, 5) is 0. The number of hydrogen-bond acceptors (Lipinski definition) is 6. The number of hydrazine groups is 1. The maximum atomic E-state index is 5.27. The van der Waals surface area contributed by atoms with Crippen LogP contribution < -0.4 is 24.9 Å². The summed E-state index contributed by atoms with van der Waals surface area (Å²) in [5.74, 6) is 2.39. The van der Waals surface area contributed by atoms with E-state index in [1.54, 1.807) is 14.2 Å². The minimum Gasteiger partial charge on any atom is -0.497 e. The lowest BCUT2D eigenvalue weighted by Gasteiger charge is -2.36. The van der Waals surface area contributed by atoms with Crippen molar-refractivity contribution in [2.24, 2.45) is 5.10 Å². The number of amidine groups is 1. The van der Waals surface area contributed by atoms with E-state index in [0.717, 1.165) is 34.3 Å². The molecule has 0 atom stereocenters. The first-order chi connectivity index (χ1) is 13.8. The molecule has 142 valence electrons. The van der Waals surface area contributed by atoms with Gasteiger partial charge in [-0.15, -0.1) is 0 Å². The highest BCUT2D eigenvalue weighted by Gasteiger charge is 2.21. The lowest BCUT2D eigenvalue weighted by atomic mass is 10.2. The van der Waals surface area contributed by atoms with Crippen molar-refractivity contribution in [3.63, 3.8) is 0 Å². The van der Waals surface area contributed by atoms with Crippen LogP contribution in [0.25, 0.3) is 0 Å². The molecule has 0 bridgehead atoms. The van der Waals surface area contributed by atoms with E-state index in [2.05, 4.69) is 10.4 Å². The number of methoxy groups -OCH3 is 2. The first-order valence-corrected chi connectivity index (χ1v) is 9.01. The molecular formula is C22H22N4O2. The molecule has 0 saturated carbocycles. The topological polar surface area (TPSA) is 49.3 Å². The van der Waals surface area contributed by atoms with E-state index in [9.17, 15) is 0 Å². The summed E-state index contributed by atoms with van der Waals surface area (Å²) in [5.41, 5.74) is 6.43. The van der Waals surface area contributed by atoms with Crippen molar-refractivity contribution in [1.29, 1.82) is 0 Å². The smallest absolute Gasteiger partial charge is 0.172 e. The third kappa shape index (κ3) is 3.71. The molecule has 6 heteroatoms. The van der Waals surface area contributed by atoms with E-state index >= 15 is 0 Å². The summed E-state index contributed by atoms with van der Waals surface area (Å²) in [6, 6.07) is 25.9.